The highest BCUT2D eigenvalue weighted by Crippen LogP contribution is 2.50. The smallest absolute Gasteiger partial charge is 0.164 e. The summed E-state index contributed by atoms with van der Waals surface area (Å²) in [6.07, 6.45) is 0. The fraction of sp³-hybridized carbons (Fsp3) is 0.0698. The number of aromatic nitrogens is 3. The van der Waals surface area contributed by atoms with E-state index in [2.05, 4.69) is 117 Å². The maximum absolute atomic E-state index is 9.53. The van der Waals surface area contributed by atoms with Gasteiger partial charge in [0.2, 0.25) is 0 Å². The summed E-state index contributed by atoms with van der Waals surface area (Å²) in [4.78, 5) is 15.0. The van der Waals surface area contributed by atoms with Gasteiger partial charge in [0.25, 0.3) is 0 Å². The second kappa shape index (κ2) is 11.3. The minimum Gasteiger partial charge on any atom is -0.208 e. The molecular formula is C43H30N4. The summed E-state index contributed by atoms with van der Waals surface area (Å²) < 4.78 is 0. The Morgan fingerprint density at radius 1 is 0.426 bits per heavy atom. The van der Waals surface area contributed by atoms with Crippen LogP contribution in [0.25, 0.3) is 67.5 Å². The van der Waals surface area contributed by atoms with Crippen molar-refractivity contribution in [1.82, 2.24) is 15.0 Å². The number of hydrogen-bond acceptors (Lipinski definition) is 4. The molecule has 6 aromatic carbocycles. The van der Waals surface area contributed by atoms with E-state index in [1.165, 1.54) is 22.3 Å². The number of nitrogens with zero attached hydrogens (tertiary/aromatic N) is 4. The average molecular weight is 603 g/mol. The summed E-state index contributed by atoms with van der Waals surface area (Å²) in [6, 6.07) is 52.2. The molecule has 0 atom stereocenters. The summed E-state index contributed by atoms with van der Waals surface area (Å²) in [5, 5.41) is 9.53. The Labute approximate surface area is 274 Å². The zero-order valence-electron chi connectivity index (χ0n) is 26.1. The van der Waals surface area contributed by atoms with E-state index in [4.69, 9.17) is 15.0 Å². The normalized spacial score (nSPS) is 12.6. The number of fused-ring (bicyclic) bond motifs is 3. The fourth-order valence-electron chi connectivity index (χ4n) is 6.64. The zero-order chi connectivity index (χ0) is 32.0. The Balaban J connectivity index is 1.22. The predicted molar refractivity (Wildman–Crippen MR) is 189 cm³/mol. The van der Waals surface area contributed by atoms with Gasteiger partial charge in [-0.3, -0.25) is 0 Å². The predicted octanol–water partition coefficient (Wildman–Crippen LogP) is 10.4. The van der Waals surface area contributed by atoms with Crippen LogP contribution < -0.4 is 0 Å². The minimum atomic E-state index is -0.215. The molecule has 0 fully saturated rings. The Kier molecular flexibility index (Phi) is 6.82. The molecule has 47 heavy (non-hydrogen) atoms. The summed E-state index contributed by atoms with van der Waals surface area (Å²) >= 11 is 0. The van der Waals surface area contributed by atoms with Crippen LogP contribution in [0.4, 0.5) is 0 Å². The fourth-order valence-corrected chi connectivity index (χ4v) is 6.64. The molecule has 4 nitrogen and oxygen atoms in total. The molecule has 0 N–H and O–H groups in total. The van der Waals surface area contributed by atoms with Crippen LogP contribution in [-0.2, 0) is 5.41 Å². The second-order valence-electron chi connectivity index (χ2n) is 12.5. The van der Waals surface area contributed by atoms with Gasteiger partial charge in [-0.1, -0.05) is 129 Å². The van der Waals surface area contributed by atoms with E-state index in [0.717, 1.165) is 38.9 Å². The molecule has 4 heteroatoms. The molecule has 0 aliphatic heterocycles. The van der Waals surface area contributed by atoms with Crippen LogP contribution >= 0.6 is 0 Å². The Bertz CT molecular complexity index is 2330. The van der Waals surface area contributed by atoms with Gasteiger partial charge in [0.1, 0.15) is 0 Å². The molecule has 0 saturated heterocycles. The molecule has 1 aliphatic rings. The highest BCUT2D eigenvalue weighted by Gasteiger charge is 2.35. The van der Waals surface area contributed by atoms with Gasteiger partial charge in [0.15, 0.2) is 17.5 Å². The van der Waals surface area contributed by atoms with Gasteiger partial charge in [0.05, 0.1) is 11.6 Å². The number of nitriles is 1. The molecule has 8 rings (SSSR count). The van der Waals surface area contributed by atoms with E-state index in [-0.39, 0.29) is 5.41 Å². The first kappa shape index (κ1) is 28.3. The van der Waals surface area contributed by atoms with Gasteiger partial charge in [-0.25, -0.2) is 15.0 Å². The molecule has 7 aromatic rings. The maximum atomic E-state index is 9.53. The topological polar surface area (TPSA) is 62.5 Å². The van der Waals surface area contributed by atoms with Gasteiger partial charge < -0.3 is 0 Å². The van der Waals surface area contributed by atoms with Crippen molar-refractivity contribution in [3.8, 4) is 73.6 Å². The van der Waals surface area contributed by atoms with E-state index in [1.54, 1.807) is 0 Å². The van der Waals surface area contributed by atoms with Gasteiger partial charge in [0, 0.05) is 22.1 Å². The van der Waals surface area contributed by atoms with Gasteiger partial charge in [-0.05, 0) is 74.8 Å². The molecule has 0 unspecified atom stereocenters. The quantitative estimate of drug-likeness (QED) is 0.197. The first-order valence-corrected chi connectivity index (χ1v) is 15.8. The third-order valence-electron chi connectivity index (χ3n) is 9.15. The third kappa shape index (κ3) is 5.09. The van der Waals surface area contributed by atoms with Crippen molar-refractivity contribution in [1.29, 1.82) is 5.26 Å². The maximum Gasteiger partial charge on any atom is 0.164 e. The molecule has 0 amide bonds. The molecule has 0 saturated carbocycles. The van der Waals surface area contributed by atoms with Crippen molar-refractivity contribution in [3.05, 3.63) is 162 Å². The van der Waals surface area contributed by atoms with Crippen LogP contribution in [0.3, 0.4) is 0 Å². The molecule has 0 spiro atoms. The lowest BCUT2D eigenvalue weighted by Crippen LogP contribution is -2.15. The lowest BCUT2D eigenvalue weighted by molar-refractivity contribution is 0.660. The molecule has 1 heterocycles. The van der Waals surface area contributed by atoms with Crippen LogP contribution in [0, 0.1) is 11.3 Å². The summed E-state index contributed by atoms with van der Waals surface area (Å²) in [6.45, 7) is 4.48. The third-order valence-corrected chi connectivity index (χ3v) is 9.15. The molecule has 0 bridgehead atoms. The van der Waals surface area contributed by atoms with Crippen LogP contribution in [0.2, 0.25) is 0 Å². The second-order valence-corrected chi connectivity index (χ2v) is 12.5. The lowest BCUT2D eigenvalue weighted by atomic mass is 9.81. The van der Waals surface area contributed by atoms with Crippen molar-refractivity contribution in [3.63, 3.8) is 0 Å². The summed E-state index contributed by atoms with van der Waals surface area (Å²) in [5.41, 5.74) is 12.6. The van der Waals surface area contributed by atoms with Crippen molar-refractivity contribution >= 4 is 0 Å². The first-order valence-electron chi connectivity index (χ1n) is 15.8. The molecular weight excluding hydrogens is 573 g/mol. The van der Waals surface area contributed by atoms with Gasteiger partial charge in [-0.15, -0.1) is 0 Å². The Hall–Kier alpha value is -6.18. The van der Waals surface area contributed by atoms with E-state index >= 15 is 0 Å². The molecule has 1 aliphatic carbocycles. The van der Waals surface area contributed by atoms with Gasteiger partial charge >= 0.3 is 0 Å². The zero-order valence-corrected chi connectivity index (χ0v) is 26.1. The average Bonchev–Trinajstić information content (AvgIpc) is 3.37. The van der Waals surface area contributed by atoms with Crippen molar-refractivity contribution in [2.45, 2.75) is 19.3 Å². The SMILES string of the molecule is CC1(C)c2cc(C#N)ccc2-c2ccc(-c3cccc(-c4nc(-c5ccccc5)nc(-c5cccc(-c6ccccc6)c5)n4)c3)cc21. The van der Waals surface area contributed by atoms with Crippen molar-refractivity contribution in [2.75, 3.05) is 0 Å². The van der Waals surface area contributed by atoms with E-state index in [0.29, 0.717) is 23.0 Å². The van der Waals surface area contributed by atoms with Crippen LogP contribution in [-0.4, -0.2) is 15.0 Å². The standard InChI is InChI=1S/C43H30N4/c1-43(2)38-23-28(27-44)19-21-36(38)37-22-20-33(26-39(37)43)32-16-10-18-35(25-32)42-46-40(30-13-7-4-8-14-30)45-41(47-42)34-17-9-15-31(24-34)29-11-5-3-6-12-29/h3-26H,1-2H3. The minimum absolute atomic E-state index is 0.215. The lowest BCUT2D eigenvalue weighted by Gasteiger charge is -2.22. The largest absolute Gasteiger partial charge is 0.208 e. The Morgan fingerprint density at radius 3 is 1.47 bits per heavy atom. The number of hydrogen-bond donors (Lipinski definition) is 0. The highest BCUT2D eigenvalue weighted by atomic mass is 15.0. The Morgan fingerprint density at radius 2 is 0.872 bits per heavy atom. The van der Waals surface area contributed by atoms with E-state index in [9.17, 15) is 5.26 Å². The number of benzene rings is 6. The van der Waals surface area contributed by atoms with Crippen LogP contribution in [0.1, 0.15) is 30.5 Å². The monoisotopic (exact) mass is 602 g/mol. The van der Waals surface area contributed by atoms with Crippen LogP contribution in [0.15, 0.2) is 146 Å². The molecule has 222 valence electrons. The van der Waals surface area contributed by atoms with E-state index in [1.807, 2.05) is 48.5 Å². The molecule has 1 aromatic heterocycles. The van der Waals surface area contributed by atoms with Crippen molar-refractivity contribution < 1.29 is 0 Å². The summed E-state index contributed by atoms with van der Waals surface area (Å²) in [7, 11) is 0. The first-order chi connectivity index (χ1) is 23.0. The number of rotatable bonds is 5. The van der Waals surface area contributed by atoms with Gasteiger partial charge in [-0.2, -0.15) is 5.26 Å². The molecule has 0 radical (unpaired) electrons. The van der Waals surface area contributed by atoms with Crippen LogP contribution in [0.5, 0.6) is 0 Å². The van der Waals surface area contributed by atoms with E-state index < -0.39 is 0 Å². The van der Waals surface area contributed by atoms with Crippen molar-refractivity contribution in [2.24, 2.45) is 0 Å². The highest BCUT2D eigenvalue weighted by molar-refractivity contribution is 5.84. The summed E-state index contributed by atoms with van der Waals surface area (Å²) in [5.74, 6) is 1.89.